The Hall–Kier alpha value is -0.760. The normalized spacial score (nSPS) is 24.3. The smallest absolute Gasteiger partial charge is 0.0778 e. The van der Waals surface area contributed by atoms with E-state index in [1.54, 1.807) is 0 Å². The maximum atomic E-state index is 9.17. The van der Waals surface area contributed by atoms with Crippen LogP contribution in [0, 0.1) is 0 Å². The van der Waals surface area contributed by atoms with Gasteiger partial charge in [0.15, 0.2) is 0 Å². The zero-order valence-corrected chi connectivity index (χ0v) is 6.41. The fourth-order valence-corrected chi connectivity index (χ4v) is 0.947. The van der Waals surface area contributed by atoms with Crippen LogP contribution in [-0.4, -0.2) is 30.2 Å². The molecule has 0 aliphatic heterocycles. The van der Waals surface area contributed by atoms with E-state index in [4.69, 9.17) is 0 Å². The summed E-state index contributed by atoms with van der Waals surface area (Å²) in [4.78, 5) is 1.98. The highest BCUT2D eigenvalue weighted by Gasteiger charge is 2.05. The highest BCUT2D eigenvalue weighted by atomic mass is 16.3. The number of likely N-dealkylation sites (N-methyl/N-ethyl adjacent to an activating group) is 1. The average Bonchev–Trinajstić information content (AvgIpc) is 1.88. The molecule has 0 radical (unpaired) electrons. The molecule has 1 unspecified atom stereocenters. The summed E-state index contributed by atoms with van der Waals surface area (Å²) in [6.07, 6.45) is 6.33. The van der Waals surface area contributed by atoms with Crippen LogP contribution in [-0.2, 0) is 0 Å². The molecule has 0 saturated heterocycles. The molecule has 10 heavy (non-hydrogen) atoms. The summed E-state index contributed by atoms with van der Waals surface area (Å²) >= 11 is 0. The molecule has 0 aromatic heterocycles. The number of hydrogen-bond acceptors (Lipinski definition) is 2. The topological polar surface area (TPSA) is 23.5 Å². The molecule has 1 aliphatic rings. The molecule has 0 aromatic rings. The first-order valence-electron chi connectivity index (χ1n) is 3.44. The molecule has 0 heterocycles. The molecule has 0 fully saturated rings. The van der Waals surface area contributed by atoms with Gasteiger partial charge >= 0.3 is 0 Å². The van der Waals surface area contributed by atoms with Gasteiger partial charge in [-0.15, -0.1) is 0 Å². The summed E-state index contributed by atoms with van der Waals surface area (Å²) in [6.45, 7) is 0. The van der Waals surface area contributed by atoms with E-state index in [1.807, 2.05) is 37.2 Å². The van der Waals surface area contributed by atoms with Crippen LogP contribution in [0.5, 0.6) is 0 Å². The van der Waals surface area contributed by atoms with Crippen LogP contribution >= 0.6 is 0 Å². The molecule has 2 nitrogen and oxygen atoms in total. The molecule has 1 rings (SSSR count). The first kappa shape index (κ1) is 7.35. The van der Waals surface area contributed by atoms with Gasteiger partial charge in [0.1, 0.15) is 0 Å². The number of aliphatic hydroxyl groups is 1. The maximum absolute atomic E-state index is 9.17. The SMILES string of the molecule is CN(C)C1=CC(O)CC=C1. The quantitative estimate of drug-likeness (QED) is 0.579. The van der Waals surface area contributed by atoms with Crippen molar-refractivity contribution in [1.82, 2.24) is 4.90 Å². The van der Waals surface area contributed by atoms with Gasteiger partial charge in [0, 0.05) is 19.8 Å². The van der Waals surface area contributed by atoms with Crippen LogP contribution in [0.4, 0.5) is 0 Å². The van der Waals surface area contributed by atoms with Crippen molar-refractivity contribution in [3.05, 3.63) is 23.9 Å². The number of hydrogen-bond donors (Lipinski definition) is 1. The van der Waals surface area contributed by atoms with Gasteiger partial charge in [-0.25, -0.2) is 0 Å². The largest absolute Gasteiger partial charge is 0.389 e. The average molecular weight is 139 g/mol. The third kappa shape index (κ3) is 1.61. The van der Waals surface area contributed by atoms with E-state index in [2.05, 4.69) is 0 Å². The lowest BCUT2D eigenvalue weighted by atomic mass is 10.1. The Bertz CT molecular complexity index is 170. The van der Waals surface area contributed by atoms with Gasteiger partial charge in [-0.2, -0.15) is 0 Å². The van der Waals surface area contributed by atoms with Gasteiger partial charge in [-0.05, 0) is 18.6 Å². The number of rotatable bonds is 1. The number of nitrogens with zero attached hydrogens (tertiary/aromatic N) is 1. The van der Waals surface area contributed by atoms with Gasteiger partial charge in [-0.1, -0.05) is 6.08 Å². The molecule has 0 spiro atoms. The van der Waals surface area contributed by atoms with Crippen molar-refractivity contribution in [3.8, 4) is 0 Å². The first-order chi connectivity index (χ1) is 4.70. The van der Waals surface area contributed by atoms with Crippen molar-refractivity contribution in [2.45, 2.75) is 12.5 Å². The van der Waals surface area contributed by atoms with E-state index in [1.165, 1.54) is 0 Å². The summed E-state index contributed by atoms with van der Waals surface area (Å²) in [5.74, 6) is 0. The standard InChI is InChI=1S/C8H13NO/c1-9(2)7-4-3-5-8(10)6-7/h3-4,6,8,10H,5H2,1-2H3. The van der Waals surface area contributed by atoms with E-state index in [-0.39, 0.29) is 6.10 Å². The second-order valence-electron chi connectivity index (χ2n) is 2.69. The van der Waals surface area contributed by atoms with Crippen LogP contribution in [0.25, 0.3) is 0 Å². The molecule has 1 atom stereocenters. The maximum Gasteiger partial charge on any atom is 0.0778 e. The molecule has 0 amide bonds. The van der Waals surface area contributed by atoms with E-state index in [0.717, 1.165) is 12.1 Å². The second-order valence-corrected chi connectivity index (χ2v) is 2.69. The predicted molar refractivity (Wildman–Crippen MR) is 41.5 cm³/mol. The zero-order chi connectivity index (χ0) is 7.56. The van der Waals surface area contributed by atoms with Crippen molar-refractivity contribution in [1.29, 1.82) is 0 Å². The summed E-state index contributed by atoms with van der Waals surface area (Å²) in [5.41, 5.74) is 1.08. The Morgan fingerprint density at radius 2 is 2.30 bits per heavy atom. The van der Waals surface area contributed by atoms with E-state index in [9.17, 15) is 5.11 Å². The van der Waals surface area contributed by atoms with Gasteiger partial charge < -0.3 is 10.0 Å². The summed E-state index contributed by atoms with van der Waals surface area (Å²) in [7, 11) is 3.93. The molecule has 0 saturated carbocycles. The second kappa shape index (κ2) is 2.88. The minimum atomic E-state index is -0.289. The molecule has 0 bridgehead atoms. The van der Waals surface area contributed by atoms with E-state index in [0.29, 0.717) is 0 Å². The summed E-state index contributed by atoms with van der Waals surface area (Å²) in [6, 6.07) is 0. The Labute approximate surface area is 61.5 Å². The van der Waals surface area contributed by atoms with Crippen LogP contribution < -0.4 is 0 Å². The number of aliphatic hydroxyl groups excluding tert-OH is 1. The Kier molecular flexibility index (Phi) is 2.12. The molecule has 2 heteroatoms. The van der Waals surface area contributed by atoms with Gasteiger partial charge in [0.2, 0.25) is 0 Å². The molecule has 0 aromatic carbocycles. The summed E-state index contributed by atoms with van der Waals surface area (Å²) in [5, 5.41) is 9.17. The minimum Gasteiger partial charge on any atom is -0.389 e. The Morgan fingerprint density at radius 3 is 2.70 bits per heavy atom. The van der Waals surface area contributed by atoms with E-state index >= 15 is 0 Å². The van der Waals surface area contributed by atoms with Crippen molar-refractivity contribution in [2.75, 3.05) is 14.1 Å². The Morgan fingerprint density at radius 1 is 1.60 bits per heavy atom. The van der Waals surface area contributed by atoms with Crippen molar-refractivity contribution < 1.29 is 5.11 Å². The summed E-state index contributed by atoms with van der Waals surface area (Å²) < 4.78 is 0. The lowest BCUT2D eigenvalue weighted by Crippen LogP contribution is -2.15. The van der Waals surface area contributed by atoms with Crippen molar-refractivity contribution in [3.63, 3.8) is 0 Å². The minimum absolute atomic E-state index is 0.289. The lowest BCUT2D eigenvalue weighted by molar-refractivity contribution is 0.222. The molecular formula is C8H13NO. The highest BCUT2D eigenvalue weighted by molar-refractivity contribution is 5.22. The van der Waals surface area contributed by atoms with Gasteiger partial charge in [0.05, 0.1) is 6.10 Å². The van der Waals surface area contributed by atoms with Crippen LogP contribution in [0.15, 0.2) is 23.9 Å². The van der Waals surface area contributed by atoms with Crippen molar-refractivity contribution >= 4 is 0 Å². The van der Waals surface area contributed by atoms with Gasteiger partial charge in [0.25, 0.3) is 0 Å². The molecule has 56 valence electrons. The predicted octanol–water partition coefficient (Wildman–Crippen LogP) is 0.753. The monoisotopic (exact) mass is 139 g/mol. The lowest BCUT2D eigenvalue weighted by Gasteiger charge is -2.18. The molecule has 1 aliphatic carbocycles. The van der Waals surface area contributed by atoms with Crippen molar-refractivity contribution in [2.24, 2.45) is 0 Å². The fraction of sp³-hybridized carbons (Fsp3) is 0.500. The van der Waals surface area contributed by atoms with E-state index < -0.39 is 0 Å². The zero-order valence-electron chi connectivity index (χ0n) is 6.41. The third-order valence-corrected chi connectivity index (χ3v) is 1.55. The van der Waals surface area contributed by atoms with Crippen LogP contribution in [0.1, 0.15) is 6.42 Å². The van der Waals surface area contributed by atoms with Crippen LogP contribution in [0.2, 0.25) is 0 Å². The highest BCUT2D eigenvalue weighted by Crippen LogP contribution is 2.11. The number of allylic oxidation sites excluding steroid dienone is 1. The first-order valence-corrected chi connectivity index (χ1v) is 3.44. The third-order valence-electron chi connectivity index (χ3n) is 1.55. The molecule has 1 N–H and O–H groups in total. The molecular weight excluding hydrogens is 126 g/mol. The Balaban J connectivity index is 2.66. The van der Waals surface area contributed by atoms with Crippen LogP contribution in [0.3, 0.4) is 0 Å². The fourth-order valence-electron chi connectivity index (χ4n) is 0.947. The van der Waals surface area contributed by atoms with Gasteiger partial charge in [-0.3, -0.25) is 0 Å².